The summed E-state index contributed by atoms with van der Waals surface area (Å²) in [5.74, 6) is -6.14. The molecule has 18 unspecified atom stereocenters. The van der Waals surface area contributed by atoms with Gasteiger partial charge in [-0.25, -0.2) is 4.79 Å². The Labute approximate surface area is 536 Å². The van der Waals surface area contributed by atoms with Crippen molar-refractivity contribution in [2.75, 3.05) is 26.4 Å². The molecule has 526 valence electrons. The standard InChI is InChI=1S/C67H122N2O21/c1-4-6-8-10-12-14-16-17-18-19-20-21-22-23-24-25-26-27-28-29-30-31-33-35-37-39-41-54(77)69-48(49(74)40-38-36-34-32-15-13-11-9-7-5-2)46-85-64-59(81)58(80)61(53(45-72)87-64)88-65-60(82)63(57(79)52(44-71)86-65)90-67(66(83)84)42-50(75)55(68-47(3)73)62(89-67)56(78)51(76)43-70/h23-24,38,40,48-53,55-65,70-72,74-76,78-82H,4-22,25-37,39,41-46H2,1-3H3,(H,68,73)(H,69,77)(H,83,84)/b24-23-,40-38+. The average molecular weight is 1290 g/mol. The molecule has 0 spiro atoms. The number of carbonyl (C=O) groups excluding carboxylic acids is 2. The highest BCUT2D eigenvalue weighted by Gasteiger charge is 2.60. The first-order valence-electron chi connectivity index (χ1n) is 34.7. The Morgan fingerprint density at radius 2 is 1.04 bits per heavy atom. The molecule has 23 nitrogen and oxygen atoms in total. The molecular weight excluding hydrogens is 1170 g/mol. The molecule has 23 heteroatoms. The van der Waals surface area contributed by atoms with E-state index in [-0.39, 0.29) is 12.3 Å². The van der Waals surface area contributed by atoms with Gasteiger partial charge in [-0.1, -0.05) is 205 Å². The molecule has 0 aliphatic carbocycles. The maximum Gasteiger partial charge on any atom is 0.364 e. The van der Waals surface area contributed by atoms with Crippen LogP contribution in [0, 0.1) is 0 Å². The Kier molecular flexibility index (Phi) is 43.4. The first-order chi connectivity index (χ1) is 43.4. The Hall–Kier alpha value is -2.79. The van der Waals surface area contributed by atoms with E-state index in [1.165, 1.54) is 148 Å². The molecule has 14 N–H and O–H groups in total. The third-order valence-corrected chi connectivity index (χ3v) is 17.6. The number of ether oxygens (including phenoxy) is 6. The van der Waals surface area contributed by atoms with E-state index in [2.05, 4.69) is 36.6 Å². The molecule has 3 aliphatic rings. The molecule has 3 aliphatic heterocycles. The summed E-state index contributed by atoms with van der Waals surface area (Å²) in [6.45, 7) is 2.10. The van der Waals surface area contributed by atoms with E-state index in [4.69, 9.17) is 28.4 Å². The van der Waals surface area contributed by atoms with Crippen molar-refractivity contribution in [1.29, 1.82) is 0 Å². The molecule has 0 bridgehead atoms. The van der Waals surface area contributed by atoms with Gasteiger partial charge in [-0.15, -0.1) is 0 Å². The number of aliphatic hydroxyl groups excluding tert-OH is 11. The van der Waals surface area contributed by atoms with Crippen molar-refractivity contribution in [1.82, 2.24) is 10.6 Å². The molecule has 3 rings (SSSR count). The lowest BCUT2D eigenvalue weighted by Crippen LogP contribution is -2.70. The highest BCUT2D eigenvalue weighted by molar-refractivity contribution is 5.77. The number of aliphatic carboxylic acids is 1. The molecule has 0 aromatic heterocycles. The number of allylic oxidation sites excluding steroid dienone is 3. The largest absolute Gasteiger partial charge is 0.477 e. The molecule has 3 heterocycles. The van der Waals surface area contributed by atoms with Crippen LogP contribution in [0.2, 0.25) is 0 Å². The van der Waals surface area contributed by atoms with E-state index in [1.807, 2.05) is 6.08 Å². The second-order valence-corrected chi connectivity index (χ2v) is 25.4. The van der Waals surface area contributed by atoms with Crippen LogP contribution in [-0.2, 0) is 42.8 Å². The second-order valence-electron chi connectivity index (χ2n) is 25.4. The summed E-state index contributed by atoms with van der Waals surface area (Å²) < 4.78 is 34.7. The number of unbranched alkanes of at least 4 members (excludes halogenated alkanes) is 30. The summed E-state index contributed by atoms with van der Waals surface area (Å²) in [6, 6.07) is -2.62. The summed E-state index contributed by atoms with van der Waals surface area (Å²) in [5.41, 5.74) is 0. The lowest BCUT2D eigenvalue weighted by Gasteiger charge is -2.50. The van der Waals surface area contributed by atoms with Crippen LogP contribution in [0.5, 0.6) is 0 Å². The van der Waals surface area contributed by atoms with E-state index >= 15 is 0 Å². The fourth-order valence-corrected chi connectivity index (χ4v) is 12.1. The van der Waals surface area contributed by atoms with Crippen molar-refractivity contribution in [3.8, 4) is 0 Å². The lowest BCUT2D eigenvalue weighted by molar-refractivity contribution is -0.386. The smallest absolute Gasteiger partial charge is 0.364 e. The van der Waals surface area contributed by atoms with Crippen molar-refractivity contribution in [3.05, 3.63) is 24.3 Å². The van der Waals surface area contributed by atoms with Crippen LogP contribution in [0.3, 0.4) is 0 Å². The molecule has 0 radical (unpaired) electrons. The van der Waals surface area contributed by atoms with Gasteiger partial charge in [-0.2, -0.15) is 0 Å². The SMILES string of the molecule is CCCCCCCCCC/C=C/C(O)C(COC1OC(CO)C(OC2OC(CO)C(O)C(OC3(C(=O)O)CC(O)C(NC(C)=O)C(C(O)C(O)CO)O3)C2O)C(O)C1O)NC(=O)CCCCCCCCCCCC/C=C\CCCCCCCCCCCCCC. The highest BCUT2D eigenvalue weighted by atomic mass is 16.8. The first-order valence-corrected chi connectivity index (χ1v) is 34.7. The molecule has 18 atom stereocenters. The third kappa shape index (κ3) is 30.3. The molecule has 3 saturated heterocycles. The lowest BCUT2D eigenvalue weighted by atomic mass is 9.88. The highest BCUT2D eigenvalue weighted by Crippen LogP contribution is 2.39. The molecular formula is C67H122N2O21. The van der Waals surface area contributed by atoms with E-state index in [1.54, 1.807) is 6.08 Å². The molecule has 0 aromatic carbocycles. The van der Waals surface area contributed by atoms with Crippen molar-refractivity contribution >= 4 is 17.8 Å². The molecule has 3 fully saturated rings. The number of carboxylic acid groups (broad SMARTS) is 1. The quantitative estimate of drug-likeness (QED) is 0.0243. The van der Waals surface area contributed by atoms with Gasteiger partial charge in [-0.05, 0) is 44.9 Å². The van der Waals surface area contributed by atoms with Crippen LogP contribution >= 0.6 is 0 Å². The van der Waals surface area contributed by atoms with Crippen LogP contribution in [0.15, 0.2) is 24.3 Å². The van der Waals surface area contributed by atoms with Crippen molar-refractivity contribution in [2.45, 2.75) is 355 Å². The topological polar surface area (TPSA) is 373 Å². The minimum Gasteiger partial charge on any atom is -0.477 e. The molecule has 2 amide bonds. The predicted molar refractivity (Wildman–Crippen MR) is 338 cm³/mol. The van der Waals surface area contributed by atoms with Gasteiger partial charge in [0.05, 0.1) is 50.7 Å². The first kappa shape index (κ1) is 81.4. The van der Waals surface area contributed by atoms with Gasteiger partial charge in [0.2, 0.25) is 11.8 Å². The molecule has 0 aromatic rings. The number of nitrogens with one attached hydrogen (secondary N) is 2. The normalized spacial score (nSPS) is 28.7. The Balaban J connectivity index is 1.53. The number of amides is 2. The summed E-state index contributed by atoms with van der Waals surface area (Å²) in [6.07, 6.45) is 18.3. The number of aliphatic hydroxyl groups is 11. The van der Waals surface area contributed by atoms with Crippen LogP contribution in [-0.4, -0.2) is 215 Å². The van der Waals surface area contributed by atoms with E-state index < -0.39 is 155 Å². The number of carbonyl (C=O) groups is 3. The third-order valence-electron chi connectivity index (χ3n) is 17.6. The fraction of sp³-hybridized carbons (Fsp3) is 0.896. The minimum atomic E-state index is -3.08. The minimum absolute atomic E-state index is 0.199. The van der Waals surface area contributed by atoms with Crippen molar-refractivity contribution in [2.24, 2.45) is 0 Å². The van der Waals surface area contributed by atoms with Crippen LogP contribution < -0.4 is 10.6 Å². The van der Waals surface area contributed by atoms with Crippen LogP contribution in [0.25, 0.3) is 0 Å². The van der Waals surface area contributed by atoms with E-state index in [9.17, 15) is 75.7 Å². The number of carboxylic acids is 1. The number of hydrogen-bond donors (Lipinski definition) is 14. The maximum absolute atomic E-state index is 13.4. The Bertz CT molecular complexity index is 1920. The van der Waals surface area contributed by atoms with Gasteiger partial charge in [0.1, 0.15) is 67.1 Å². The van der Waals surface area contributed by atoms with Crippen LogP contribution in [0.1, 0.15) is 245 Å². The predicted octanol–water partition coefficient (Wildman–Crippen LogP) is 6.06. The summed E-state index contributed by atoms with van der Waals surface area (Å²) in [5, 5.41) is 136. The second kappa shape index (κ2) is 48.0. The average Bonchev–Trinajstić information content (AvgIpc) is 0.784. The maximum atomic E-state index is 13.4. The molecule has 90 heavy (non-hydrogen) atoms. The van der Waals surface area contributed by atoms with Crippen molar-refractivity contribution in [3.63, 3.8) is 0 Å². The Morgan fingerprint density at radius 1 is 0.578 bits per heavy atom. The van der Waals surface area contributed by atoms with Gasteiger partial charge in [0.15, 0.2) is 12.6 Å². The Morgan fingerprint density at radius 3 is 1.51 bits per heavy atom. The zero-order chi connectivity index (χ0) is 66.1. The zero-order valence-corrected chi connectivity index (χ0v) is 54.7. The van der Waals surface area contributed by atoms with Crippen molar-refractivity contribution < 1.29 is 104 Å². The zero-order valence-electron chi connectivity index (χ0n) is 54.7. The van der Waals surface area contributed by atoms with E-state index in [0.717, 1.165) is 58.3 Å². The van der Waals surface area contributed by atoms with Gasteiger partial charge in [0, 0.05) is 19.8 Å². The van der Waals surface area contributed by atoms with E-state index in [0.29, 0.717) is 12.8 Å². The molecule has 0 saturated carbocycles. The summed E-state index contributed by atoms with van der Waals surface area (Å²) >= 11 is 0. The van der Waals surface area contributed by atoms with Gasteiger partial charge in [-0.3, -0.25) is 9.59 Å². The number of hydrogen-bond acceptors (Lipinski definition) is 20. The van der Waals surface area contributed by atoms with Crippen LogP contribution in [0.4, 0.5) is 0 Å². The van der Waals surface area contributed by atoms with Gasteiger partial charge < -0.3 is 100 Å². The van der Waals surface area contributed by atoms with Gasteiger partial charge in [0.25, 0.3) is 5.79 Å². The van der Waals surface area contributed by atoms with Gasteiger partial charge >= 0.3 is 5.97 Å². The summed E-state index contributed by atoms with van der Waals surface area (Å²) in [7, 11) is 0. The fourth-order valence-electron chi connectivity index (χ4n) is 12.1. The summed E-state index contributed by atoms with van der Waals surface area (Å²) in [4.78, 5) is 38.5. The monoisotopic (exact) mass is 1290 g/mol. The number of rotatable bonds is 52.